The summed E-state index contributed by atoms with van der Waals surface area (Å²) < 4.78 is 0. The van der Waals surface area contributed by atoms with Crippen LogP contribution in [0, 0.1) is 10.1 Å². The van der Waals surface area contributed by atoms with Crippen LogP contribution in [0.3, 0.4) is 0 Å². The van der Waals surface area contributed by atoms with Gasteiger partial charge in [0.05, 0.1) is 0 Å². The van der Waals surface area contributed by atoms with Gasteiger partial charge in [0.25, 0.3) is 0 Å². The highest BCUT2D eigenvalue weighted by Crippen LogP contribution is 1.57. The Hall–Kier alpha value is -0.640. The number of hydrogen-bond acceptors (Lipinski definition) is 3. The van der Waals surface area contributed by atoms with E-state index in [1.165, 1.54) is 6.92 Å². The maximum atomic E-state index is 9.17. The summed E-state index contributed by atoms with van der Waals surface area (Å²) in [4.78, 5) is 8.80. The molecule has 0 radical (unpaired) electrons. The van der Waals surface area contributed by atoms with Gasteiger partial charge >= 0.3 is 0 Å². The molecule has 0 amide bonds. The lowest BCUT2D eigenvalue weighted by Crippen LogP contribution is -2.09. The molecule has 0 heterocycles. The maximum absolute atomic E-state index is 9.17. The molecule has 0 bridgehead atoms. The molecule has 0 aromatic heterocycles. The smallest absolute Gasteiger partial charge is 0.201 e. The van der Waals surface area contributed by atoms with E-state index in [1.54, 1.807) is 0 Å². The summed E-state index contributed by atoms with van der Waals surface area (Å²) in [7, 11) is 0. The third-order valence-corrected chi connectivity index (χ3v) is 0.758. The maximum Gasteiger partial charge on any atom is 0.201 e. The Morgan fingerprint density at radius 3 is 1.60 bits per heavy atom. The van der Waals surface area contributed by atoms with Gasteiger partial charge < -0.3 is 5.32 Å². The van der Waals surface area contributed by atoms with Gasteiger partial charge in [-0.2, -0.15) is 0 Å². The number of nitrogens with zero attached hydrogens (tertiary/aromatic N) is 1. The van der Waals surface area contributed by atoms with E-state index in [0.717, 1.165) is 13.1 Å². The van der Waals surface area contributed by atoms with Crippen LogP contribution in [-0.2, 0) is 0 Å². The van der Waals surface area contributed by atoms with Crippen molar-refractivity contribution in [3.05, 3.63) is 10.1 Å². The van der Waals surface area contributed by atoms with Crippen LogP contribution in [0.2, 0.25) is 0 Å². The van der Waals surface area contributed by atoms with Gasteiger partial charge in [-0.25, -0.2) is 0 Å². The SMILES string of the molecule is CCNCC.CC[N+](=O)[O-]. The van der Waals surface area contributed by atoms with Crippen molar-refractivity contribution in [3.63, 3.8) is 0 Å². The Bertz CT molecular complexity index is 74.1. The second-order valence-corrected chi connectivity index (χ2v) is 1.61. The van der Waals surface area contributed by atoms with E-state index in [9.17, 15) is 10.1 Å². The summed E-state index contributed by atoms with van der Waals surface area (Å²) in [5.74, 6) is 0. The van der Waals surface area contributed by atoms with Crippen LogP contribution in [0.5, 0.6) is 0 Å². The van der Waals surface area contributed by atoms with Crippen molar-refractivity contribution in [2.75, 3.05) is 19.6 Å². The Labute approximate surface area is 61.8 Å². The van der Waals surface area contributed by atoms with Crippen LogP contribution in [0.15, 0.2) is 0 Å². The molecule has 0 saturated carbocycles. The monoisotopic (exact) mass is 148 g/mol. The average Bonchev–Trinajstić information content (AvgIpc) is 1.91. The fraction of sp³-hybridized carbons (Fsp3) is 1.00. The van der Waals surface area contributed by atoms with Crippen molar-refractivity contribution >= 4 is 0 Å². The van der Waals surface area contributed by atoms with E-state index in [-0.39, 0.29) is 11.5 Å². The summed E-state index contributed by atoms with van der Waals surface area (Å²) in [6, 6.07) is 0. The molecule has 62 valence electrons. The van der Waals surface area contributed by atoms with Crippen molar-refractivity contribution in [1.29, 1.82) is 0 Å². The fourth-order valence-corrected chi connectivity index (χ4v) is 0.250. The lowest BCUT2D eigenvalue weighted by Gasteiger charge is -1.86. The van der Waals surface area contributed by atoms with Crippen molar-refractivity contribution in [3.8, 4) is 0 Å². The molecule has 10 heavy (non-hydrogen) atoms. The standard InChI is InChI=1S/C4H11N.C2H5NO2/c1-3-5-4-2;1-2-3(4)5/h5H,3-4H2,1-2H3;2H2,1H3. The first-order valence-corrected chi connectivity index (χ1v) is 3.51. The molecule has 1 N–H and O–H groups in total. The van der Waals surface area contributed by atoms with E-state index in [2.05, 4.69) is 19.2 Å². The first-order chi connectivity index (χ1) is 4.68. The van der Waals surface area contributed by atoms with E-state index in [1.807, 2.05) is 0 Å². The molecule has 0 spiro atoms. The molecular weight excluding hydrogens is 132 g/mol. The van der Waals surface area contributed by atoms with Gasteiger partial charge in [-0.05, 0) is 13.1 Å². The zero-order valence-corrected chi connectivity index (χ0v) is 6.89. The second kappa shape index (κ2) is 11.2. The Balaban J connectivity index is 0. The van der Waals surface area contributed by atoms with Gasteiger partial charge in [-0.15, -0.1) is 0 Å². The molecule has 4 nitrogen and oxygen atoms in total. The van der Waals surface area contributed by atoms with Gasteiger partial charge in [-0.3, -0.25) is 10.1 Å². The molecular formula is C6H16N2O2. The van der Waals surface area contributed by atoms with Crippen LogP contribution in [0.1, 0.15) is 20.8 Å². The third-order valence-electron chi connectivity index (χ3n) is 0.758. The third kappa shape index (κ3) is 26.4. The zero-order chi connectivity index (χ0) is 8.41. The molecule has 0 aliphatic carbocycles. The minimum Gasteiger partial charge on any atom is -0.317 e. The van der Waals surface area contributed by atoms with E-state index >= 15 is 0 Å². The lowest BCUT2D eigenvalue weighted by molar-refractivity contribution is -0.475. The molecule has 0 atom stereocenters. The molecule has 0 unspecified atom stereocenters. The Morgan fingerprint density at radius 2 is 1.60 bits per heavy atom. The van der Waals surface area contributed by atoms with E-state index in [0.29, 0.717) is 0 Å². The van der Waals surface area contributed by atoms with Crippen LogP contribution < -0.4 is 5.32 Å². The van der Waals surface area contributed by atoms with Crippen LogP contribution in [-0.4, -0.2) is 24.6 Å². The molecule has 0 fully saturated rings. The number of nitrogens with one attached hydrogen (secondary N) is 1. The number of nitro groups is 1. The largest absolute Gasteiger partial charge is 0.317 e. The zero-order valence-electron chi connectivity index (χ0n) is 6.89. The second-order valence-electron chi connectivity index (χ2n) is 1.61. The Morgan fingerprint density at radius 1 is 1.30 bits per heavy atom. The van der Waals surface area contributed by atoms with Gasteiger partial charge in [0, 0.05) is 11.8 Å². The van der Waals surface area contributed by atoms with E-state index in [4.69, 9.17) is 0 Å². The summed E-state index contributed by atoms with van der Waals surface area (Å²) >= 11 is 0. The average molecular weight is 148 g/mol. The molecule has 0 aliphatic rings. The first kappa shape index (κ1) is 12.1. The van der Waals surface area contributed by atoms with Crippen LogP contribution in [0.4, 0.5) is 0 Å². The van der Waals surface area contributed by atoms with Crippen LogP contribution in [0.25, 0.3) is 0 Å². The Kier molecular flexibility index (Phi) is 13.5. The summed E-state index contributed by atoms with van der Waals surface area (Å²) in [5.41, 5.74) is 0. The van der Waals surface area contributed by atoms with Gasteiger partial charge in [-0.1, -0.05) is 13.8 Å². The first-order valence-electron chi connectivity index (χ1n) is 3.51. The van der Waals surface area contributed by atoms with Crippen molar-refractivity contribution in [1.82, 2.24) is 5.32 Å². The number of hydrogen-bond donors (Lipinski definition) is 1. The summed E-state index contributed by atoms with van der Waals surface area (Å²) in [6.07, 6.45) is 0. The molecule has 4 heteroatoms. The molecule has 0 aromatic rings. The highest BCUT2D eigenvalue weighted by molar-refractivity contribution is 4.27. The topological polar surface area (TPSA) is 55.2 Å². The normalized spacial score (nSPS) is 7.90. The van der Waals surface area contributed by atoms with Crippen molar-refractivity contribution < 1.29 is 4.92 Å². The van der Waals surface area contributed by atoms with Gasteiger partial charge in [0.1, 0.15) is 0 Å². The minimum absolute atomic E-state index is 0.0278. The minimum atomic E-state index is -0.375. The lowest BCUT2D eigenvalue weighted by atomic mass is 10.7. The molecule has 0 aromatic carbocycles. The molecule has 0 saturated heterocycles. The molecule has 0 aliphatic heterocycles. The summed E-state index contributed by atoms with van der Waals surface area (Å²) in [6.45, 7) is 7.92. The van der Waals surface area contributed by atoms with Gasteiger partial charge in [0.15, 0.2) is 0 Å². The predicted molar refractivity (Wildman–Crippen MR) is 41.8 cm³/mol. The summed E-state index contributed by atoms with van der Waals surface area (Å²) in [5, 5.41) is 12.3. The van der Waals surface area contributed by atoms with Crippen LogP contribution >= 0.6 is 0 Å². The quantitative estimate of drug-likeness (QED) is 0.478. The van der Waals surface area contributed by atoms with Gasteiger partial charge in [0.2, 0.25) is 6.54 Å². The highest BCUT2D eigenvalue weighted by Gasteiger charge is 1.77. The number of rotatable bonds is 3. The van der Waals surface area contributed by atoms with Crippen molar-refractivity contribution in [2.24, 2.45) is 0 Å². The predicted octanol–water partition coefficient (Wildman–Crippen LogP) is 0.899. The fourth-order valence-electron chi connectivity index (χ4n) is 0.250. The highest BCUT2D eigenvalue weighted by atomic mass is 16.6. The van der Waals surface area contributed by atoms with Crippen molar-refractivity contribution in [2.45, 2.75) is 20.8 Å². The van der Waals surface area contributed by atoms with E-state index < -0.39 is 0 Å². The molecule has 0 rings (SSSR count).